The molecule has 3 aromatic rings. The quantitative estimate of drug-likeness (QED) is 0.743. The Bertz CT molecular complexity index is 858. The molecule has 1 heterocycles. The zero-order valence-electron chi connectivity index (χ0n) is 10.8. The Hall–Kier alpha value is -2.51. The fourth-order valence-corrected chi connectivity index (χ4v) is 2.47. The molecule has 2 N–H and O–H groups in total. The number of halogens is 1. The molecule has 0 fully saturated rings. The number of hydrogen-bond acceptors (Lipinski definition) is 3. The highest BCUT2D eigenvalue weighted by molar-refractivity contribution is 6.31. The van der Waals surface area contributed by atoms with Crippen molar-refractivity contribution in [1.82, 2.24) is 9.55 Å². The maximum Gasteiger partial charge on any atom is 0.205 e. The van der Waals surface area contributed by atoms with E-state index in [2.05, 4.69) is 11.1 Å². The van der Waals surface area contributed by atoms with Crippen LogP contribution in [-0.2, 0) is 0 Å². The van der Waals surface area contributed by atoms with E-state index in [0.717, 1.165) is 22.3 Å². The number of benzene rings is 2. The Balaban J connectivity index is 2.41. The number of hydrogen-bond donors (Lipinski definition) is 1. The third-order valence-corrected chi connectivity index (χ3v) is 3.48. The molecule has 0 radical (unpaired) electrons. The van der Waals surface area contributed by atoms with Crippen LogP contribution in [0.3, 0.4) is 0 Å². The molecule has 0 saturated heterocycles. The summed E-state index contributed by atoms with van der Waals surface area (Å²) in [4.78, 5) is 4.31. The van der Waals surface area contributed by atoms with Gasteiger partial charge in [0.2, 0.25) is 5.95 Å². The van der Waals surface area contributed by atoms with Gasteiger partial charge in [0.05, 0.1) is 22.3 Å². The summed E-state index contributed by atoms with van der Waals surface area (Å²) in [6.45, 7) is 1.89. The van der Waals surface area contributed by atoms with Crippen molar-refractivity contribution < 1.29 is 0 Å². The van der Waals surface area contributed by atoms with Gasteiger partial charge < -0.3 is 5.73 Å². The Morgan fingerprint density at radius 1 is 1.30 bits per heavy atom. The number of nitrogens with zero attached hydrogens (tertiary/aromatic N) is 3. The van der Waals surface area contributed by atoms with E-state index in [4.69, 9.17) is 17.3 Å². The summed E-state index contributed by atoms with van der Waals surface area (Å²) in [7, 11) is 0. The molecule has 0 aliphatic rings. The maximum atomic E-state index is 9.37. The molecule has 0 aliphatic carbocycles. The second-order valence-electron chi connectivity index (χ2n) is 4.52. The number of nitriles is 1. The molecule has 2 aromatic carbocycles. The van der Waals surface area contributed by atoms with Gasteiger partial charge in [-0.3, -0.25) is 4.57 Å². The smallest absolute Gasteiger partial charge is 0.205 e. The predicted octanol–water partition coefficient (Wildman–Crippen LogP) is 3.44. The van der Waals surface area contributed by atoms with Gasteiger partial charge in [-0.25, -0.2) is 4.98 Å². The van der Waals surface area contributed by atoms with E-state index in [1.165, 1.54) is 0 Å². The van der Waals surface area contributed by atoms with Gasteiger partial charge in [0.25, 0.3) is 0 Å². The van der Waals surface area contributed by atoms with Crippen LogP contribution in [-0.4, -0.2) is 9.55 Å². The number of imidazole rings is 1. The highest BCUT2D eigenvalue weighted by atomic mass is 35.5. The molecule has 5 heteroatoms. The molecule has 0 atom stereocenters. The van der Waals surface area contributed by atoms with Crippen LogP contribution in [0.2, 0.25) is 5.02 Å². The van der Waals surface area contributed by atoms with Crippen molar-refractivity contribution in [3.05, 3.63) is 52.5 Å². The second-order valence-corrected chi connectivity index (χ2v) is 4.96. The number of aromatic nitrogens is 2. The normalized spacial score (nSPS) is 10.7. The Morgan fingerprint density at radius 3 is 2.85 bits per heavy atom. The minimum atomic E-state index is 0.337. The first-order valence-electron chi connectivity index (χ1n) is 6.05. The summed E-state index contributed by atoms with van der Waals surface area (Å²) in [6, 6.07) is 13.2. The molecule has 0 bridgehead atoms. The van der Waals surface area contributed by atoms with E-state index < -0.39 is 0 Å². The van der Waals surface area contributed by atoms with Crippen LogP contribution >= 0.6 is 11.6 Å². The molecule has 0 spiro atoms. The van der Waals surface area contributed by atoms with E-state index in [1.807, 2.05) is 31.2 Å². The van der Waals surface area contributed by atoms with Gasteiger partial charge in [-0.15, -0.1) is 0 Å². The van der Waals surface area contributed by atoms with E-state index in [9.17, 15) is 5.26 Å². The fraction of sp³-hybridized carbons (Fsp3) is 0.0667. The maximum absolute atomic E-state index is 9.37. The highest BCUT2D eigenvalue weighted by Gasteiger charge is 2.14. The van der Waals surface area contributed by atoms with Crippen LogP contribution < -0.4 is 5.73 Å². The zero-order valence-corrected chi connectivity index (χ0v) is 11.5. The van der Waals surface area contributed by atoms with Crippen LogP contribution in [0.4, 0.5) is 5.95 Å². The van der Waals surface area contributed by atoms with Gasteiger partial charge in [-0.1, -0.05) is 23.7 Å². The van der Waals surface area contributed by atoms with Gasteiger partial charge in [-0.2, -0.15) is 5.26 Å². The lowest BCUT2D eigenvalue weighted by molar-refractivity contribution is 1.09. The number of anilines is 1. The van der Waals surface area contributed by atoms with Gasteiger partial charge in [0, 0.05) is 5.02 Å². The van der Waals surface area contributed by atoms with E-state index >= 15 is 0 Å². The van der Waals surface area contributed by atoms with E-state index in [-0.39, 0.29) is 0 Å². The van der Waals surface area contributed by atoms with Crippen LogP contribution in [0.5, 0.6) is 0 Å². The minimum absolute atomic E-state index is 0.337. The monoisotopic (exact) mass is 282 g/mol. The highest BCUT2D eigenvalue weighted by Crippen LogP contribution is 2.28. The Labute approximate surface area is 121 Å². The zero-order chi connectivity index (χ0) is 14.3. The van der Waals surface area contributed by atoms with Gasteiger partial charge in [0.1, 0.15) is 6.07 Å². The summed E-state index contributed by atoms with van der Waals surface area (Å²) in [5.74, 6) is 0.337. The van der Waals surface area contributed by atoms with Gasteiger partial charge in [0.15, 0.2) is 0 Å². The number of nitrogens with two attached hydrogens (primary N) is 1. The van der Waals surface area contributed by atoms with Crippen molar-refractivity contribution >= 4 is 28.6 Å². The predicted molar refractivity (Wildman–Crippen MR) is 79.9 cm³/mol. The Kier molecular flexibility index (Phi) is 2.85. The second kappa shape index (κ2) is 4.55. The SMILES string of the molecule is Cc1cccc(-n2c(N)nc3ccc(Cl)cc32)c1C#N. The van der Waals surface area contributed by atoms with E-state index in [1.54, 1.807) is 16.7 Å². The molecule has 0 saturated carbocycles. The third-order valence-electron chi connectivity index (χ3n) is 3.25. The molecule has 0 amide bonds. The first-order valence-corrected chi connectivity index (χ1v) is 6.43. The summed E-state index contributed by atoms with van der Waals surface area (Å²) in [5.41, 5.74) is 9.74. The summed E-state index contributed by atoms with van der Waals surface area (Å²) in [5, 5.41) is 9.97. The average molecular weight is 283 g/mol. The molecule has 1 aromatic heterocycles. The molecule has 20 heavy (non-hydrogen) atoms. The van der Waals surface area contributed by atoms with Crippen LogP contribution in [0.25, 0.3) is 16.7 Å². The minimum Gasteiger partial charge on any atom is -0.369 e. The molecular weight excluding hydrogens is 272 g/mol. The van der Waals surface area contributed by atoms with Crippen molar-refractivity contribution in [2.45, 2.75) is 6.92 Å². The van der Waals surface area contributed by atoms with Crippen molar-refractivity contribution in [2.24, 2.45) is 0 Å². The molecule has 0 unspecified atom stereocenters. The first kappa shape index (κ1) is 12.5. The lowest BCUT2D eigenvalue weighted by Gasteiger charge is -2.10. The summed E-state index contributed by atoms with van der Waals surface area (Å²) >= 11 is 6.05. The number of rotatable bonds is 1. The fourth-order valence-electron chi connectivity index (χ4n) is 2.30. The van der Waals surface area contributed by atoms with Gasteiger partial charge >= 0.3 is 0 Å². The summed E-state index contributed by atoms with van der Waals surface area (Å²) < 4.78 is 1.76. The molecule has 0 aliphatic heterocycles. The third kappa shape index (κ3) is 1.80. The lowest BCUT2D eigenvalue weighted by Crippen LogP contribution is -2.03. The molecule has 98 valence electrons. The van der Waals surface area contributed by atoms with Crippen molar-refractivity contribution in [3.8, 4) is 11.8 Å². The largest absolute Gasteiger partial charge is 0.369 e. The molecule has 3 rings (SSSR count). The van der Waals surface area contributed by atoms with Crippen molar-refractivity contribution in [3.63, 3.8) is 0 Å². The molecular formula is C15H11ClN4. The average Bonchev–Trinajstić information content (AvgIpc) is 2.73. The van der Waals surface area contributed by atoms with Gasteiger partial charge in [-0.05, 0) is 36.8 Å². The lowest BCUT2D eigenvalue weighted by atomic mass is 10.1. The Morgan fingerprint density at radius 2 is 2.10 bits per heavy atom. The first-order chi connectivity index (χ1) is 9.61. The van der Waals surface area contributed by atoms with Crippen LogP contribution in [0.15, 0.2) is 36.4 Å². The summed E-state index contributed by atoms with van der Waals surface area (Å²) in [6.07, 6.45) is 0. The number of aryl methyl sites for hydroxylation is 1. The standard InChI is InChI=1S/C15H11ClN4/c1-9-3-2-4-13(11(9)8-17)20-14-7-10(16)5-6-12(14)19-15(20)18/h2-7H,1H3,(H2,18,19). The van der Waals surface area contributed by atoms with Crippen molar-refractivity contribution in [2.75, 3.05) is 5.73 Å². The van der Waals surface area contributed by atoms with E-state index in [0.29, 0.717) is 16.5 Å². The topological polar surface area (TPSA) is 67.6 Å². The van der Waals surface area contributed by atoms with Crippen LogP contribution in [0.1, 0.15) is 11.1 Å². The molecule has 4 nitrogen and oxygen atoms in total. The van der Waals surface area contributed by atoms with Crippen LogP contribution in [0, 0.1) is 18.3 Å². The number of nitrogen functional groups attached to an aromatic ring is 1. The van der Waals surface area contributed by atoms with Crippen molar-refractivity contribution in [1.29, 1.82) is 5.26 Å². The number of fused-ring (bicyclic) bond motifs is 1.